The number of likely N-dealkylation sites (N-methyl/N-ethyl adjacent to an activating group) is 1. The van der Waals surface area contributed by atoms with E-state index in [0.717, 1.165) is 19.5 Å². The highest BCUT2D eigenvalue weighted by molar-refractivity contribution is 4.84. The maximum atomic E-state index is 5.76. The number of nitrogens with two attached hydrogens (primary N) is 1. The lowest BCUT2D eigenvalue weighted by molar-refractivity contribution is -0.917. The van der Waals surface area contributed by atoms with Crippen molar-refractivity contribution in [3.63, 3.8) is 0 Å². The van der Waals surface area contributed by atoms with E-state index in [0.29, 0.717) is 4.59 Å². The van der Waals surface area contributed by atoms with Crippen LogP contribution in [-0.4, -0.2) is 24.7 Å². The number of quaternary nitrogens is 1. The van der Waals surface area contributed by atoms with Crippen LogP contribution >= 0.6 is 0 Å². The van der Waals surface area contributed by atoms with Gasteiger partial charge in [0.2, 0.25) is 0 Å². The van der Waals surface area contributed by atoms with Crippen LogP contribution in [-0.2, 0) is 0 Å². The van der Waals surface area contributed by atoms with Crippen LogP contribution in [0.3, 0.4) is 0 Å². The van der Waals surface area contributed by atoms with Gasteiger partial charge in [0.25, 0.3) is 0 Å². The smallest absolute Gasteiger partial charge is 0.114 e. The highest BCUT2D eigenvalue weighted by Crippen LogP contribution is 2.02. The summed E-state index contributed by atoms with van der Waals surface area (Å²) >= 11 is 0. The first kappa shape index (κ1) is 5.79. The van der Waals surface area contributed by atoms with Crippen LogP contribution in [0.15, 0.2) is 12.2 Å². The summed E-state index contributed by atoms with van der Waals surface area (Å²) in [7, 11) is 2.05. The van der Waals surface area contributed by atoms with E-state index in [1.165, 1.54) is 0 Å². The van der Waals surface area contributed by atoms with Gasteiger partial charge in [0.15, 0.2) is 0 Å². The van der Waals surface area contributed by atoms with Crippen molar-refractivity contribution in [3.05, 3.63) is 12.2 Å². The van der Waals surface area contributed by atoms with Crippen molar-refractivity contribution < 1.29 is 4.59 Å². The summed E-state index contributed by atoms with van der Waals surface area (Å²) in [5.74, 6) is 5.76. The third-order valence-electron chi connectivity index (χ3n) is 1.50. The predicted molar refractivity (Wildman–Crippen MR) is 33.9 cm³/mol. The van der Waals surface area contributed by atoms with Gasteiger partial charge < -0.3 is 0 Å². The van der Waals surface area contributed by atoms with Crippen LogP contribution in [0.4, 0.5) is 0 Å². The Kier molecular flexibility index (Phi) is 1.36. The largest absolute Gasteiger partial charge is 0.247 e. The first-order valence-electron chi connectivity index (χ1n) is 2.99. The van der Waals surface area contributed by atoms with Gasteiger partial charge in [0.05, 0.1) is 13.6 Å². The van der Waals surface area contributed by atoms with Gasteiger partial charge in [-0.3, -0.25) is 0 Å². The Hall–Kier alpha value is -0.340. The van der Waals surface area contributed by atoms with Gasteiger partial charge in [-0.2, -0.15) is 5.84 Å². The topological polar surface area (TPSA) is 26.0 Å². The summed E-state index contributed by atoms with van der Waals surface area (Å²) in [5, 5.41) is 0. The van der Waals surface area contributed by atoms with Crippen LogP contribution in [0.5, 0.6) is 0 Å². The maximum Gasteiger partial charge on any atom is 0.114 e. The van der Waals surface area contributed by atoms with E-state index in [2.05, 4.69) is 12.2 Å². The summed E-state index contributed by atoms with van der Waals surface area (Å²) in [5.41, 5.74) is 0. The van der Waals surface area contributed by atoms with Gasteiger partial charge in [-0.1, -0.05) is 6.08 Å². The molecule has 1 heterocycles. The average molecular weight is 113 g/mol. The molecule has 8 heavy (non-hydrogen) atoms. The fourth-order valence-corrected chi connectivity index (χ4v) is 0.894. The van der Waals surface area contributed by atoms with E-state index in [-0.39, 0.29) is 0 Å². The molecule has 1 atom stereocenters. The maximum absolute atomic E-state index is 5.76. The molecule has 0 aliphatic carbocycles. The minimum Gasteiger partial charge on any atom is -0.247 e. The highest BCUT2D eigenvalue weighted by atomic mass is 15.6. The Balaban J connectivity index is 2.50. The number of rotatable bonds is 0. The molecule has 0 saturated heterocycles. The van der Waals surface area contributed by atoms with E-state index >= 15 is 0 Å². The standard InChI is InChI=1S/C6H13N2/c1-8(7)5-3-2-4-6-8/h2-3H,4-7H2,1H3/q+1. The van der Waals surface area contributed by atoms with E-state index in [1.54, 1.807) is 0 Å². The van der Waals surface area contributed by atoms with Gasteiger partial charge in [0, 0.05) is 6.42 Å². The molecule has 0 aromatic rings. The molecule has 1 aliphatic rings. The Bertz CT molecular complexity index is 105. The van der Waals surface area contributed by atoms with E-state index in [9.17, 15) is 0 Å². The van der Waals surface area contributed by atoms with E-state index in [4.69, 9.17) is 5.84 Å². The molecular formula is C6H13N2+. The summed E-state index contributed by atoms with van der Waals surface area (Å²) < 4.78 is 0.663. The van der Waals surface area contributed by atoms with Crippen molar-refractivity contribution in [1.82, 2.24) is 0 Å². The third-order valence-corrected chi connectivity index (χ3v) is 1.50. The molecule has 1 rings (SSSR count). The second-order valence-electron chi connectivity index (χ2n) is 2.65. The Morgan fingerprint density at radius 3 is 2.50 bits per heavy atom. The van der Waals surface area contributed by atoms with Crippen LogP contribution in [0.1, 0.15) is 6.42 Å². The molecule has 1 unspecified atom stereocenters. The molecule has 2 heteroatoms. The molecule has 46 valence electrons. The summed E-state index contributed by atoms with van der Waals surface area (Å²) in [6.45, 7) is 2.07. The molecule has 0 radical (unpaired) electrons. The van der Waals surface area contributed by atoms with E-state index < -0.39 is 0 Å². The van der Waals surface area contributed by atoms with Crippen LogP contribution in [0.25, 0.3) is 0 Å². The monoisotopic (exact) mass is 113 g/mol. The zero-order valence-corrected chi connectivity index (χ0v) is 5.30. The molecule has 0 aromatic heterocycles. The summed E-state index contributed by atoms with van der Waals surface area (Å²) in [6, 6.07) is 0. The van der Waals surface area contributed by atoms with Gasteiger partial charge in [-0.25, -0.2) is 4.59 Å². The molecule has 1 aliphatic heterocycles. The molecule has 0 aromatic carbocycles. The first-order chi connectivity index (χ1) is 3.71. The lowest BCUT2D eigenvalue weighted by Gasteiger charge is -2.28. The molecule has 0 saturated carbocycles. The number of nitrogens with zero attached hydrogens (tertiary/aromatic N) is 1. The van der Waals surface area contributed by atoms with Crippen molar-refractivity contribution in [2.75, 3.05) is 20.1 Å². The van der Waals surface area contributed by atoms with Crippen molar-refractivity contribution in [2.24, 2.45) is 5.84 Å². The Morgan fingerprint density at radius 1 is 1.50 bits per heavy atom. The van der Waals surface area contributed by atoms with Gasteiger partial charge in [-0.15, -0.1) is 0 Å². The van der Waals surface area contributed by atoms with Crippen molar-refractivity contribution in [3.8, 4) is 0 Å². The van der Waals surface area contributed by atoms with Gasteiger partial charge in [-0.05, 0) is 6.08 Å². The average Bonchev–Trinajstić information content (AvgIpc) is 1.65. The molecule has 0 amide bonds. The second kappa shape index (κ2) is 1.88. The van der Waals surface area contributed by atoms with Crippen LogP contribution in [0, 0.1) is 0 Å². The molecule has 2 nitrogen and oxygen atoms in total. The minimum absolute atomic E-state index is 0.663. The van der Waals surface area contributed by atoms with Crippen LogP contribution < -0.4 is 5.84 Å². The fraction of sp³-hybridized carbons (Fsp3) is 0.667. The zero-order chi connectivity index (χ0) is 6.04. The first-order valence-corrected chi connectivity index (χ1v) is 2.99. The fourth-order valence-electron chi connectivity index (χ4n) is 0.894. The molecule has 0 fully saturated rings. The molecular weight excluding hydrogens is 100 g/mol. The van der Waals surface area contributed by atoms with Crippen molar-refractivity contribution in [2.45, 2.75) is 6.42 Å². The lowest BCUT2D eigenvalue weighted by atomic mass is 10.2. The van der Waals surface area contributed by atoms with Crippen molar-refractivity contribution >= 4 is 0 Å². The lowest BCUT2D eigenvalue weighted by Crippen LogP contribution is -2.52. The normalized spacial score (nSPS) is 37.8. The number of hydrogen-bond donors (Lipinski definition) is 1. The quantitative estimate of drug-likeness (QED) is 0.272. The Labute approximate surface area is 50.1 Å². The summed E-state index contributed by atoms with van der Waals surface area (Å²) in [4.78, 5) is 0. The Morgan fingerprint density at radius 2 is 2.25 bits per heavy atom. The SMILES string of the molecule is C[N+]1(N)CC=CCC1. The predicted octanol–water partition coefficient (Wildman–Crippen LogP) is 0.267. The minimum atomic E-state index is 0.663. The van der Waals surface area contributed by atoms with Gasteiger partial charge >= 0.3 is 0 Å². The summed E-state index contributed by atoms with van der Waals surface area (Å²) in [6.07, 6.45) is 5.46. The molecule has 0 spiro atoms. The molecule has 2 N–H and O–H groups in total. The van der Waals surface area contributed by atoms with Crippen LogP contribution in [0.2, 0.25) is 0 Å². The van der Waals surface area contributed by atoms with Gasteiger partial charge in [0.1, 0.15) is 6.54 Å². The zero-order valence-electron chi connectivity index (χ0n) is 5.30. The second-order valence-corrected chi connectivity index (χ2v) is 2.65. The van der Waals surface area contributed by atoms with E-state index in [1.807, 2.05) is 7.05 Å². The third kappa shape index (κ3) is 1.32. The highest BCUT2D eigenvalue weighted by Gasteiger charge is 2.15. The van der Waals surface area contributed by atoms with Crippen molar-refractivity contribution in [1.29, 1.82) is 0 Å². The molecule has 0 bridgehead atoms. The number of hydrogen-bond acceptors (Lipinski definition) is 1.